The molecule has 1 atom stereocenters. The van der Waals surface area contributed by atoms with Crippen LogP contribution in [0, 0.1) is 5.92 Å². The van der Waals surface area contributed by atoms with Gasteiger partial charge in [0, 0.05) is 38.9 Å². The number of nitrogens with one attached hydrogen (secondary N) is 1. The van der Waals surface area contributed by atoms with Gasteiger partial charge >= 0.3 is 0 Å². The highest BCUT2D eigenvalue weighted by atomic mass is 35.5. The van der Waals surface area contributed by atoms with Crippen molar-refractivity contribution in [2.45, 2.75) is 12.8 Å². The summed E-state index contributed by atoms with van der Waals surface area (Å²) in [6, 6.07) is 3.86. The number of piperidine rings is 1. The van der Waals surface area contributed by atoms with Crippen LogP contribution in [0.2, 0.25) is 0 Å². The van der Waals surface area contributed by atoms with E-state index in [9.17, 15) is 4.79 Å². The van der Waals surface area contributed by atoms with Gasteiger partial charge in [-0.25, -0.2) is 0 Å². The number of amides is 1. The van der Waals surface area contributed by atoms with Gasteiger partial charge in [-0.15, -0.1) is 29.9 Å². The lowest BCUT2D eigenvalue weighted by Gasteiger charge is -2.37. The number of nitrogens with zero attached hydrogens (tertiary/aromatic N) is 4. The van der Waals surface area contributed by atoms with E-state index < -0.39 is 0 Å². The summed E-state index contributed by atoms with van der Waals surface area (Å²) in [7, 11) is 0. The van der Waals surface area contributed by atoms with E-state index in [1.54, 1.807) is 6.20 Å². The Labute approximate surface area is 143 Å². The Morgan fingerprint density at radius 1 is 1.23 bits per heavy atom. The van der Waals surface area contributed by atoms with Gasteiger partial charge in [-0.3, -0.25) is 4.79 Å². The Balaban J connectivity index is 0.00000121. The van der Waals surface area contributed by atoms with Crippen molar-refractivity contribution >= 4 is 36.5 Å². The van der Waals surface area contributed by atoms with E-state index in [2.05, 4.69) is 20.4 Å². The van der Waals surface area contributed by atoms with Gasteiger partial charge in [-0.1, -0.05) is 0 Å². The number of hydrogen-bond donors (Lipinski definition) is 1. The fourth-order valence-corrected chi connectivity index (χ4v) is 2.94. The van der Waals surface area contributed by atoms with Crippen LogP contribution in [0.25, 0.3) is 0 Å². The molecule has 1 aromatic heterocycles. The number of carbonyl (C=O) groups is 1. The maximum Gasteiger partial charge on any atom is 0.227 e. The average molecular weight is 348 g/mol. The van der Waals surface area contributed by atoms with Crippen LogP contribution in [0.4, 0.5) is 5.82 Å². The SMILES string of the molecule is Cl.Cl.O=C(C1CCCNC1)N1CCN(c2cccnn2)CC1. The van der Waals surface area contributed by atoms with Crippen LogP contribution in [-0.2, 0) is 4.79 Å². The van der Waals surface area contributed by atoms with E-state index in [0.717, 1.165) is 57.9 Å². The summed E-state index contributed by atoms with van der Waals surface area (Å²) in [5.41, 5.74) is 0. The zero-order valence-corrected chi connectivity index (χ0v) is 14.1. The predicted molar refractivity (Wildman–Crippen MR) is 90.9 cm³/mol. The van der Waals surface area contributed by atoms with E-state index in [1.807, 2.05) is 17.0 Å². The van der Waals surface area contributed by atoms with Crippen molar-refractivity contribution in [3.8, 4) is 0 Å². The zero-order chi connectivity index (χ0) is 13.8. The van der Waals surface area contributed by atoms with Crippen molar-refractivity contribution in [1.82, 2.24) is 20.4 Å². The molecule has 1 N–H and O–H groups in total. The minimum atomic E-state index is 0. The molecule has 1 aromatic rings. The van der Waals surface area contributed by atoms with Crippen LogP contribution >= 0.6 is 24.8 Å². The van der Waals surface area contributed by atoms with Crippen LogP contribution in [0.1, 0.15) is 12.8 Å². The van der Waals surface area contributed by atoms with Crippen LogP contribution in [0.5, 0.6) is 0 Å². The molecule has 0 aliphatic carbocycles. The summed E-state index contributed by atoms with van der Waals surface area (Å²) in [6.45, 7) is 5.13. The maximum absolute atomic E-state index is 12.4. The summed E-state index contributed by atoms with van der Waals surface area (Å²) in [5.74, 6) is 1.39. The molecule has 2 aliphatic heterocycles. The fraction of sp³-hybridized carbons (Fsp3) is 0.643. The van der Waals surface area contributed by atoms with E-state index in [1.165, 1.54) is 0 Å². The number of piperazine rings is 1. The van der Waals surface area contributed by atoms with Crippen molar-refractivity contribution in [3.63, 3.8) is 0 Å². The fourth-order valence-electron chi connectivity index (χ4n) is 2.94. The highest BCUT2D eigenvalue weighted by Crippen LogP contribution is 2.17. The summed E-state index contributed by atoms with van der Waals surface area (Å²) < 4.78 is 0. The van der Waals surface area contributed by atoms with Crippen LogP contribution in [0.15, 0.2) is 18.3 Å². The van der Waals surface area contributed by atoms with Crippen molar-refractivity contribution in [1.29, 1.82) is 0 Å². The molecule has 2 fully saturated rings. The molecule has 8 heteroatoms. The number of hydrogen-bond acceptors (Lipinski definition) is 5. The zero-order valence-electron chi connectivity index (χ0n) is 12.5. The Kier molecular flexibility index (Phi) is 7.85. The van der Waals surface area contributed by atoms with Gasteiger partial charge in [-0.05, 0) is 31.5 Å². The summed E-state index contributed by atoms with van der Waals surface area (Å²) in [6.07, 6.45) is 3.81. The molecule has 6 nitrogen and oxygen atoms in total. The number of anilines is 1. The molecule has 2 aliphatic rings. The Morgan fingerprint density at radius 3 is 2.59 bits per heavy atom. The molecule has 0 spiro atoms. The number of rotatable bonds is 2. The van der Waals surface area contributed by atoms with Crippen LogP contribution < -0.4 is 10.2 Å². The molecule has 0 saturated carbocycles. The van der Waals surface area contributed by atoms with Crippen LogP contribution in [-0.4, -0.2) is 60.3 Å². The Hall–Kier alpha value is -1.11. The van der Waals surface area contributed by atoms with Gasteiger partial charge in [0.05, 0.1) is 5.92 Å². The molecule has 1 amide bonds. The van der Waals surface area contributed by atoms with Gasteiger partial charge in [0.2, 0.25) is 5.91 Å². The molecule has 3 heterocycles. The lowest BCUT2D eigenvalue weighted by molar-refractivity contribution is -0.136. The lowest BCUT2D eigenvalue weighted by atomic mass is 9.98. The van der Waals surface area contributed by atoms with Crippen molar-refractivity contribution in [3.05, 3.63) is 18.3 Å². The summed E-state index contributed by atoms with van der Waals surface area (Å²) in [4.78, 5) is 16.6. The minimum absolute atomic E-state index is 0. The van der Waals surface area contributed by atoms with Gasteiger partial charge in [-0.2, -0.15) is 5.10 Å². The molecular formula is C14H23Cl2N5O. The molecule has 22 heavy (non-hydrogen) atoms. The molecule has 1 unspecified atom stereocenters. The molecule has 124 valence electrons. The second-order valence-electron chi connectivity index (χ2n) is 5.44. The minimum Gasteiger partial charge on any atom is -0.352 e. The predicted octanol–water partition coefficient (Wildman–Crippen LogP) is 0.968. The van der Waals surface area contributed by atoms with Crippen molar-refractivity contribution in [2.75, 3.05) is 44.2 Å². The molecule has 0 aromatic carbocycles. The standard InChI is InChI=1S/C14H21N5O.2ClH/c20-14(12-3-1-5-15-11-12)19-9-7-18(8-10-19)13-4-2-6-16-17-13;;/h2,4,6,12,15H,1,3,5,7-11H2;2*1H. The first kappa shape index (κ1) is 18.9. The maximum atomic E-state index is 12.4. The topological polar surface area (TPSA) is 61.4 Å². The molecule has 0 bridgehead atoms. The molecule has 3 rings (SSSR count). The Morgan fingerprint density at radius 2 is 2.00 bits per heavy atom. The van der Waals surface area contributed by atoms with E-state index in [-0.39, 0.29) is 30.7 Å². The highest BCUT2D eigenvalue weighted by molar-refractivity contribution is 5.85. The number of carbonyl (C=O) groups excluding carboxylic acids is 1. The first-order valence-electron chi connectivity index (χ1n) is 7.37. The third kappa shape index (κ3) is 4.44. The second-order valence-corrected chi connectivity index (χ2v) is 5.44. The quantitative estimate of drug-likeness (QED) is 0.863. The van der Waals surface area contributed by atoms with E-state index in [4.69, 9.17) is 0 Å². The van der Waals surface area contributed by atoms with E-state index >= 15 is 0 Å². The largest absolute Gasteiger partial charge is 0.352 e. The first-order chi connectivity index (χ1) is 9.84. The summed E-state index contributed by atoms with van der Waals surface area (Å²) in [5, 5.41) is 11.3. The van der Waals surface area contributed by atoms with E-state index in [0.29, 0.717) is 5.91 Å². The number of aromatic nitrogens is 2. The second kappa shape index (κ2) is 9.12. The van der Waals surface area contributed by atoms with Crippen LogP contribution in [0.3, 0.4) is 0 Å². The first-order valence-corrected chi connectivity index (χ1v) is 7.37. The average Bonchev–Trinajstić information content (AvgIpc) is 2.56. The molecule has 0 radical (unpaired) electrons. The van der Waals surface area contributed by atoms with Crippen molar-refractivity contribution in [2.24, 2.45) is 5.92 Å². The third-order valence-corrected chi connectivity index (χ3v) is 4.12. The third-order valence-electron chi connectivity index (χ3n) is 4.12. The van der Waals surface area contributed by atoms with Gasteiger partial charge in [0.1, 0.15) is 0 Å². The van der Waals surface area contributed by atoms with Crippen molar-refractivity contribution < 1.29 is 4.79 Å². The smallest absolute Gasteiger partial charge is 0.227 e. The number of halogens is 2. The van der Waals surface area contributed by atoms with Gasteiger partial charge < -0.3 is 15.1 Å². The summed E-state index contributed by atoms with van der Waals surface area (Å²) >= 11 is 0. The molecule has 2 saturated heterocycles. The molecular weight excluding hydrogens is 325 g/mol. The highest BCUT2D eigenvalue weighted by Gasteiger charge is 2.28. The normalized spacial score (nSPS) is 21.5. The van der Waals surface area contributed by atoms with Gasteiger partial charge in [0.15, 0.2) is 5.82 Å². The lowest BCUT2D eigenvalue weighted by Crippen LogP contribution is -2.52. The monoisotopic (exact) mass is 347 g/mol. The van der Waals surface area contributed by atoms with Gasteiger partial charge in [0.25, 0.3) is 0 Å². The Bertz CT molecular complexity index is 448.